The fourth-order valence-corrected chi connectivity index (χ4v) is 1.70. The van der Waals surface area contributed by atoms with E-state index < -0.39 is 0 Å². The van der Waals surface area contributed by atoms with E-state index >= 15 is 0 Å². The Balaban J connectivity index is 0.00000112. The molecule has 0 unspecified atom stereocenters. The van der Waals surface area contributed by atoms with Crippen LogP contribution < -0.4 is 12.4 Å². The first-order valence-electron chi connectivity index (χ1n) is 5.02. The van der Waals surface area contributed by atoms with Crippen LogP contribution in [0.1, 0.15) is 32.6 Å². The summed E-state index contributed by atoms with van der Waals surface area (Å²) in [6.07, 6.45) is 0. The van der Waals surface area contributed by atoms with E-state index in [1.807, 2.05) is 6.92 Å². The van der Waals surface area contributed by atoms with E-state index in [0.717, 1.165) is 11.3 Å². The Bertz CT molecular complexity index is 477. The van der Waals surface area contributed by atoms with Gasteiger partial charge in [0.25, 0.3) is 0 Å². The van der Waals surface area contributed by atoms with E-state index in [1.165, 1.54) is 11.1 Å². The number of nitrogens with zero attached hydrogens (tertiary/aromatic N) is 2. The molecule has 3 heteroatoms. The molecular weight excluding hydrogens is 208 g/mol. The van der Waals surface area contributed by atoms with Crippen molar-refractivity contribution in [1.82, 2.24) is 9.55 Å². The number of hydrogen-bond acceptors (Lipinski definition) is 1. The van der Waals surface area contributed by atoms with Crippen molar-refractivity contribution in [3.63, 3.8) is 0 Å². The Labute approximate surface area is 98.2 Å². The van der Waals surface area contributed by atoms with Gasteiger partial charge in [0.1, 0.15) is 5.82 Å². The van der Waals surface area contributed by atoms with Gasteiger partial charge in [-0.2, -0.15) is 0 Å². The van der Waals surface area contributed by atoms with Crippen molar-refractivity contribution >= 4 is 11.0 Å². The first kappa shape index (κ1) is 12.1. The van der Waals surface area contributed by atoms with Gasteiger partial charge in [0.05, 0.1) is 11.0 Å². The minimum atomic E-state index is 0. The second kappa shape index (κ2) is 4.23. The van der Waals surface area contributed by atoms with Gasteiger partial charge in [-0.3, -0.25) is 0 Å². The molecule has 15 heavy (non-hydrogen) atoms. The highest BCUT2D eigenvalue weighted by atomic mass is 35.5. The Morgan fingerprint density at radius 2 is 2.00 bits per heavy atom. The topological polar surface area (TPSA) is 17.8 Å². The van der Waals surface area contributed by atoms with E-state index in [2.05, 4.69) is 48.6 Å². The average molecular weight is 225 g/mol. The van der Waals surface area contributed by atoms with E-state index in [9.17, 15) is 0 Å². The van der Waals surface area contributed by atoms with E-state index in [1.54, 1.807) is 0 Å². The molecule has 2 rings (SSSR count). The minimum absolute atomic E-state index is 0. The molecule has 0 aliphatic heterocycles. The van der Waals surface area contributed by atoms with Gasteiger partial charge in [0.15, 0.2) is 0 Å². The molecule has 1 aromatic heterocycles. The van der Waals surface area contributed by atoms with Crippen molar-refractivity contribution in [1.29, 1.82) is 0 Å². The number of rotatable bonds is 1. The molecule has 1 aromatic carbocycles. The molecule has 0 spiro atoms. The zero-order chi connectivity index (χ0) is 10.3. The van der Waals surface area contributed by atoms with Gasteiger partial charge in [0.2, 0.25) is 0 Å². The zero-order valence-corrected chi connectivity index (χ0v) is 10.3. The summed E-state index contributed by atoms with van der Waals surface area (Å²) in [6, 6.07) is 6.53. The molecule has 2 nitrogen and oxygen atoms in total. The molecule has 0 bridgehead atoms. The van der Waals surface area contributed by atoms with Crippen molar-refractivity contribution in [2.75, 3.05) is 0 Å². The molecule has 0 saturated heterocycles. The van der Waals surface area contributed by atoms with Gasteiger partial charge in [-0.05, 0) is 30.5 Å². The number of hydrogen-bond donors (Lipinski definition) is 0. The summed E-state index contributed by atoms with van der Waals surface area (Å²) in [6.45, 7) is 6.45. The predicted molar refractivity (Wildman–Crippen MR) is 60.7 cm³/mol. The Morgan fingerprint density at radius 3 is 2.60 bits per heavy atom. The summed E-state index contributed by atoms with van der Waals surface area (Å²) < 4.78 is 2.12. The van der Waals surface area contributed by atoms with Gasteiger partial charge >= 0.3 is 1.43 Å². The van der Waals surface area contributed by atoms with Crippen LogP contribution in [0.15, 0.2) is 18.2 Å². The molecular formula is C12H17ClN2. The van der Waals surface area contributed by atoms with Crippen LogP contribution in [0.25, 0.3) is 11.0 Å². The van der Waals surface area contributed by atoms with Crippen molar-refractivity contribution in [3.05, 3.63) is 29.6 Å². The first-order valence-corrected chi connectivity index (χ1v) is 5.02. The Hall–Kier alpha value is -1.02. The molecule has 0 radical (unpaired) electrons. The summed E-state index contributed by atoms with van der Waals surface area (Å²) in [4.78, 5) is 4.52. The molecule has 82 valence electrons. The third kappa shape index (κ3) is 2.00. The number of imidazole rings is 1. The molecule has 0 N–H and O–H groups in total. The van der Waals surface area contributed by atoms with Crippen LogP contribution >= 0.6 is 0 Å². The Morgan fingerprint density at radius 1 is 1.33 bits per heavy atom. The molecule has 1 heterocycles. The van der Waals surface area contributed by atoms with Gasteiger partial charge < -0.3 is 17.0 Å². The van der Waals surface area contributed by atoms with E-state index in [-0.39, 0.29) is 13.8 Å². The van der Waals surface area contributed by atoms with Crippen LogP contribution in [0, 0.1) is 6.92 Å². The third-order valence-corrected chi connectivity index (χ3v) is 2.80. The number of benzene rings is 1. The van der Waals surface area contributed by atoms with Crippen molar-refractivity contribution in [3.8, 4) is 0 Å². The molecule has 0 atom stereocenters. The number of fused-ring (bicyclic) bond motifs is 1. The maximum absolute atomic E-state index is 4.52. The highest BCUT2D eigenvalue weighted by Gasteiger charge is 2.06. The lowest BCUT2D eigenvalue weighted by Gasteiger charge is -2.04. The van der Waals surface area contributed by atoms with E-state index in [0.29, 0.717) is 5.92 Å². The molecule has 2 aromatic rings. The lowest BCUT2D eigenvalue weighted by molar-refractivity contribution is -0.00000324. The zero-order valence-electron chi connectivity index (χ0n) is 10.6. The summed E-state index contributed by atoms with van der Waals surface area (Å²) in [5.41, 5.74) is 3.68. The van der Waals surface area contributed by atoms with Crippen molar-refractivity contribution in [2.45, 2.75) is 26.7 Å². The van der Waals surface area contributed by atoms with Gasteiger partial charge in [-0.1, -0.05) is 19.9 Å². The quantitative estimate of drug-likeness (QED) is 0.673. The maximum atomic E-state index is 4.52. The summed E-state index contributed by atoms with van der Waals surface area (Å²) >= 11 is 0. The lowest BCUT2D eigenvalue weighted by atomic mass is 10.0. The second-order valence-corrected chi connectivity index (χ2v) is 4.12. The number of aromatic nitrogens is 2. The normalized spacial score (nSPS) is 10.7. The monoisotopic (exact) mass is 224 g/mol. The summed E-state index contributed by atoms with van der Waals surface area (Å²) in [5.74, 6) is 1.64. The largest absolute Gasteiger partial charge is 1.00 e. The van der Waals surface area contributed by atoms with Crippen LogP contribution in [0.3, 0.4) is 0 Å². The number of halogens is 1. The predicted octanol–water partition coefficient (Wildman–Crippen LogP) is 0.122. The maximum Gasteiger partial charge on any atom is 1.00 e. The minimum Gasteiger partial charge on any atom is -1.00 e. The fraction of sp³-hybridized carbons (Fsp3) is 0.417. The van der Waals surface area contributed by atoms with Gasteiger partial charge in [-0.25, -0.2) is 4.98 Å². The molecule has 0 saturated carbocycles. The van der Waals surface area contributed by atoms with Gasteiger partial charge in [0, 0.05) is 7.05 Å². The van der Waals surface area contributed by atoms with Crippen molar-refractivity contribution < 1.29 is 13.8 Å². The molecule has 0 fully saturated rings. The number of aryl methyl sites for hydroxylation is 2. The Kier molecular flexibility index (Phi) is 3.40. The van der Waals surface area contributed by atoms with Crippen molar-refractivity contribution in [2.24, 2.45) is 7.05 Å². The summed E-state index contributed by atoms with van der Waals surface area (Å²) in [5, 5.41) is 0. The highest BCUT2D eigenvalue weighted by Crippen LogP contribution is 2.21. The SMILES string of the molecule is Cc1nc2cc(C(C)C)ccc2n1C.[Cl-].[H+]. The van der Waals surface area contributed by atoms with Crippen LogP contribution in [0.4, 0.5) is 0 Å². The second-order valence-electron chi connectivity index (χ2n) is 4.12. The van der Waals surface area contributed by atoms with Crippen LogP contribution in [-0.2, 0) is 7.05 Å². The highest BCUT2D eigenvalue weighted by molar-refractivity contribution is 5.76. The fourth-order valence-electron chi connectivity index (χ4n) is 1.70. The van der Waals surface area contributed by atoms with Gasteiger partial charge in [-0.15, -0.1) is 0 Å². The average Bonchev–Trinajstić information content (AvgIpc) is 2.42. The molecule has 0 amide bonds. The summed E-state index contributed by atoms with van der Waals surface area (Å²) in [7, 11) is 2.06. The van der Waals surface area contributed by atoms with Crippen LogP contribution in [0.2, 0.25) is 0 Å². The smallest absolute Gasteiger partial charge is 1.00 e. The third-order valence-electron chi connectivity index (χ3n) is 2.80. The molecule has 0 aliphatic carbocycles. The lowest BCUT2D eigenvalue weighted by Crippen LogP contribution is -3.00. The first-order chi connectivity index (χ1) is 6.59. The van der Waals surface area contributed by atoms with Crippen LogP contribution in [-0.4, -0.2) is 9.55 Å². The standard InChI is InChI=1S/C12H16N2.ClH/c1-8(2)10-5-6-12-11(7-10)13-9(3)14(12)4;/h5-8H,1-4H3;1H. The molecule has 0 aliphatic rings. The van der Waals surface area contributed by atoms with E-state index in [4.69, 9.17) is 0 Å². The van der Waals surface area contributed by atoms with Crippen LogP contribution in [0.5, 0.6) is 0 Å².